The van der Waals surface area contributed by atoms with Crippen LogP contribution in [0, 0.1) is 11.8 Å². The van der Waals surface area contributed by atoms with Crippen LogP contribution in [0.15, 0.2) is 23.4 Å². The van der Waals surface area contributed by atoms with E-state index in [1.54, 1.807) is 6.07 Å². The number of nitrogens with zero attached hydrogens (tertiary/aromatic N) is 3. The van der Waals surface area contributed by atoms with Gasteiger partial charge >= 0.3 is 0 Å². The summed E-state index contributed by atoms with van der Waals surface area (Å²) in [5.74, 6) is 0. The summed E-state index contributed by atoms with van der Waals surface area (Å²) < 4.78 is 0. The van der Waals surface area contributed by atoms with Crippen molar-refractivity contribution in [2.24, 2.45) is 5.18 Å². The Morgan fingerprint density at radius 2 is 2.18 bits per heavy atom. The molecule has 1 aromatic carbocycles. The van der Waals surface area contributed by atoms with Crippen LogP contribution >= 0.6 is 0 Å². The highest BCUT2D eigenvalue weighted by Gasteiger charge is 2.24. The van der Waals surface area contributed by atoms with Gasteiger partial charge in [0.05, 0.1) is 0 Å². The molecule has 1 aliphatic heterocycles. The Morgan fingerprint density at radius 3 is 2.71 bits per heavy atom. The van der Waals surface area contributed by atoms with Gasteiger partial charge in [-0.2, -0.15) is 0 Å². The maximum Gasteiger partial charge on any atom is 0.108 e. The number of likely N-dealkylation sites (N-methyl/N-ethyl adjacent to an activating group) is 1. The smallest absolute Gasteiger partial charge is 0.108 e. The summed E-state index contributed by atoms with van der Waals surface area (Å²) in [6, 6.07) is 6.27. The summed E-state index contributed by atoms with van der Waals surface area (Å²) in [5, 5.41) is 2.97. The maximum atomic E-state index is 10.5. The summed E-state index contributed by atoms with van der Waals surface area (Å²) >= 11 is 0. The number of hydrogen-bond acceptors (Lipinski definition) is 4. The largest absolute Gasteiger partial charge is 0.370 e. The van der Waals surface area contributed by atoms with E-state index in [1.165, 1.54) is 12.1 Å². The van der Waals surface area contributed by atoms with Crippen LogP contribution in [0.2, 0.25) is 0 Å². The predicted molar refractivity (Wildman–Crippen MR) is 70.9 cm³/mol. The first-order valence-corrected chi connectivity index (χ1v) is 5.97. The summed E-state index contributed by atoms with van der Waals surface area (Å²) in [6.07, 6.45) is 1.19. The Hall–Kier alpha value is -1.42. The monoisotopic (exact) mass is 233 g/mol. The van der Waals surface area contributed by atoms with E-state index < -0.39 is 0 Å². The van der Waals surface area contributed by atoms with Crippen molar-refractivity contribution in [3.05, 3.63) is 28.7 Å². The van der Waals surface area contributed by atoms with Gasteiger partial charge in [0.25, 0.3) is 0 Å². The third-order valence-electron chi connectivity index (χ3n) is 3.52. The molecule has 0 amide bonds. The highest BCUT2D eigenvalue weighted by atomic mass is 16.3. The molecule has 1 heterocycles. The lowest BCUT2D eigenvalue weighted by molar-refractivity contribution is 0.315. The molecule has 4 nitrogen and oxygen atoms in total. The Kier molecular flexibility index (Phi) is 3.43. The van der Waals surface area contributed by atoms with Gasteiger partial charge in [-0.3, -0.25) is 0 Å². The second kappa shape index (κ2) is 4.84. The van der Waals surface area contributed by atoms with E-state index in [0.29, 0.717) is 11.7 Å². The second-order valence-corrected chi connectivity index (χ2v) is 4.91. The van der Waals surface area contributed by atoms with Crippen molar-refractivity contribution in [1.82, 2.24) is 4.90 Å². The van der Waals surface area contributed by atoms with Crippen molar-refractivity contribution in [3.63, 3.8) is 0 Å². The van der Waals surface area contributed by atoms with Gasteiger partial charge in [0, 0.05) is 24.8 Å². The van der Waals surface area contributed by atoms with Gasteiger partial charge in [-0.1, -0.05) is 0 Å². The molecule has 4 heteroatoms. The first-order valence-electron chi connectivity index (χ1n) is 5.97. The van der Waals surface area contributed by atoms with Crippen molar-refractivity contribution < 1.29 is 0 Å². The van der Waals surface area contributed by atoms with Crippen LogP contribution in [0.1, 0.15) is 12.0 Å². The molecule has 0 aliphatic carbocycles. The molecule has 0 aromatic heterocycles. The van der Waals surface area contributed by atoms with Gasteiger partial charge in [0.1, 0.15) is 5.69 Å². The molecule has 1 atom stereocenters. The second-order valence-electron chi connectivity index (χ2n) is 4.91. The van der Waals surface area contributed by atoms with Crippen LogP contribution in [0.4, 0.5) is 11.4 Å². The van der Waals surface area contributed by atoms with Gasteiger partial charge < -0.3 is 9.80 Å². The molecule has 92 valence electrons. The van der Waals surface area contributed by atoms with Crippen molar-refractivity contribution in [3.8, 4) is 0 Å². The minimum absolute atomic E-state index is 0.509. The molecule has 0 N–H and O–H groups in total. The molecule has 2 rings (SSSR count). The minimum atomic E-state index is 0.509. The lowest BCUT2D eigenvalue weighted by Gasteiger charge is -2.23. The van der Waals surface area contributed by atoms with Gasteiger partial charge in [-0.15, -0.1) is 4.91 Å². The van der Waals surface area contributed by atoms with Crippen LogP contribution in [-0.2, 0) is 0 Å². The van der Waals surface area contributed by atoms with E-state index in [9.17, 15) is 4.91 Å². The highest BCUT2D eigenvalue weighted by molar-refractivity contribution is 5.59. The molecule has 1 saturated heterocycles. The molecule has 1 unspecified atom stereocenters. The van der Waals surface area contributed by atoms with E-state index in [1.807, 2.05) is 19.1 Å². The fourth-order valence-corrected chi connectivity index (χ4v) is 2.43. The van der Waals surface area contributed by atoms with E-state index in [4.69, 9.17) is 0 Å². The van der Waals surface area contributed by atoms with E-state index in [0.717, 1.165) is 18.7 Å². The topological polar surface area (TPSA) is 35.9 Å². The zero-order valence-corrected chi connectivity index (χ0v) is 10.7. The van der Waals surface area contributed by atoms with E-state index in [-0.39, 0.29) is 0 Å². The number of anilines is 1. The molecule has 0 radical (unpaired) electrons. The quantitative estimate of drug-likeness (QED) is 0.753. The number of hydrogen-bond donors (Lipinski definition) is 0. The van der Waals surface area contributed by atoms with Crippen LogP contribution in [0.3, 0.4) is 0 Å². The molecule has 17 heavy (non-hydrogen) atoms. The average molecular weight is 233 g/mol. The van der Waals surface area contributed by atoms with Crippen LogP contribution in [-0.4, -0.2) is 38.1 Å². The molecule has 0 spiro atoms. The first kappa shape index (κ1) is 12.0. The summed E-state index contributed by atoms with van der Waals surface area (Å²) in [7, 11) is 4.25. The van der Waals surface area contributed by atoms with Crippen molar-refractivity contribution >= 4 is 11.4 Å². The standard InChI is InChI=1S/C13H19N3O/c1-10-8-11(14-17)4-5-13(10)16-7-6-12(9-16)15(2)3/h4-5,8,12H,6-7,9H2,1-3H3. The van der Waals surface area contributed by atoms with Crippen molar-refractivity contribution in [2.75, 3.05) is 32.1 Å². The molecular formula is C13H19N3O. The lowest BCUT2D eigenvalue weighted by Crippen LogP contribution is -2.31. The normalized spacial score (nSPS) is 20.0. The third-order valence-corrected chi connectivity index (χ3v) is 3.52. The van der Waals surface area contributed by atoms with Crippen LogP contribution in [0.5, 0.6) is 0 Å². The lowest BCUT2D eigenvalue weighted by atomic mass is 10.1. The molecule has 1 aliphatic rings. The molecule has 0 saturated carbocycles. The summed E-state index contributed by atoms with van der Waals surface area (Å²) in [5.41, 5.74) is 2.86. The number of benzene rings is 1. The Balaban J connectivity index is 2.16. The number of aryl methyl sites for hydroxylation is 1. The van der Waals surface area contributed by atoms with Gasteiger partial charge in [0.2, 0.25) is 0 Å². The van der Waals surface area contributed by atoms with Gasteiger partial charge in [-0.05, 0) is 56.4 Å². The molecule has 1 aromatic rings. The predicted octanol–water partition coefficient (Wildman–Crippen LogP) is 2.53. The van der Waals surface area contributed by atoms with Crippen molar-refractivity contribution in [1.29, 1.82) is 0 Å². The molecule has 0 bridgehead atoms. The van der Waals surface area contributed by atoms with E-state index >= 15 is 0 Å². The van der Waals surface area contributed by atoms with Crippen LogP contribution in [0.25, 0.3) is 0 Å². The zero-order chi connectivity index (χ0) is 12.4. The molecule has 1 fully saturated rings. The summed E-state index contributed by atoms with van der Waals surface area (Å²) in [4.78, 5) is 15.1. The third kappa shape index (κ3) is 2.47. The van der Waals surface area contributed by atoms with Crippen molar-refractivity contribution in [2.45, 2.75) is 19.4 Å². The zero-order valence-electron chi connectivity index (χ0n) is 10.7. The summed E-state index contributed by atoms with van der Waals surface area (Å²) in [6.45, 7) is 4.17. The Bertz CT molecular complexity index is 417. The first-order chi connectivity index (χ1) is 8.11. The molecular weight excluding hydrogens is 214 g/mol. The highest BCUT2D eigenvalue weighted by Crippen LogP contribution is 2.28. The fourth-order valence-electron chi connectivity index (χ4n) is 2.43. The average Bonchev–Trinajstić information content (AvgIpc) is 2.78. The SMILES string of the molecule is Cc1cc(N=O)ccc1N1CCC(N(C)C)C1. The fraction of sp³-hybridized carbons (Fsp3) is 0.538. The van der Waals surface area contributed by atoms with E-state index in [2.05, 4.69) is 29.1 Å². The Labute approximate surface area is 102 Å². The maximum absolute atomic E-state index is 10.5. The number of rotatable bonds is 3. The minimum Gasteiger partial charge on any atom is -0.370 e. The number of nitroso groups, excluding NO2 is 1. The van der Waals surface area contributed by atoms with Gasteiger partial charge in [0.15, 0.2) is 0 Å². The van der Waals surface area contributed by atoms with Gasteiger partial charge in [-0.25, -0.2) is 0 Å². The Morgan fingerprint density at radius 1 is 1.41 bits per heavy atom. The van der Waals surface area contributed by atoms with Crippen LogP contribution < -0.4 is 4.90 Å².